The van der Waals surface area contributed by atoms with E-state index in [4.69, 9.17) is 10.5 Å². The van der Waals surface area contributed by atoms with Gasteiger partial charge in [-0.2, -0.15) is 0 Å². The van der Waals surface area contributed by atoms with E-state index in [0.717, 1.165) is 36.9 Å². The standard InChI is InChI=1S/C20H23N3O3/c21-19(24)16-10-18(12-22-11-16)26-13-14-5-4-8-17(9-14)23-20(25)15-6-2-1-3-7-15/h4-5,8-12,15H,1-3,6-7,13H2,(H2,21,24)(H,23,25). The number of carbonyl (C=O) groups excluding carboxylic acids is 2. The van der Waals surface area contributed by atoms with Gasteiger partial charge in [-0.05, 0) is 36.6 Å². The van der Waals surface area contributed by atoms with Crippen molar-refractivity contribution in [1.29, 1.82) is 0 Å². The molecule has 0 saturated heterocycles. The molecule has 0 bridgehead atoms. The largest absolute Gasteiger partial charge is 0.487 e. The van der Waals surface area contributed by atoms with Gasteiger partial charge in [0.05, 0.1) is 11.8 Å². The summed E-state index contributed by atoms with van der Waals surface area (Å²) < 4.78 is 5.68. The number of rotatable bonds is 6. The van der Waals surface area contributed by atoms with Crippen LogP contribution in [0.1, 0.15) is 48.0 Å². The predicted octanol–water partition coefficient (Wildman–Crippen LogP) is 3.28. The van der Waals surface area contributed by atoms with Crippen molar-refractivity contribution < 1.29 is 14.3 Å². The zero-order valence-corrected chi connectivity index (χ0v) is 14.6. The summed E-state index contributed by atoms with van der Waals surface area (Å²) in [6, 6.07) is 9.13. The van der Waals surface area contributed by atoms with Crippen LogP contribution >= 0.6 is 0 Å². The van der Waals surface area contributed by atoms with Gasteiger partial charge in [0, 0.05) is 17.8 Å². The van der Waals surface area contributed by atoms with Crippen molar-refractivity contribution in [2.24, 2.45) is 11.7 Å². The van der Waals surface area contributed by atoms with E-state index in [1.165, 1.54) is 18.8 Å². The maximum Gasteiger partial charge on any atom is 0.250 e. The Labute approximate surface area is 152 Å². The number of hydrogen-bond acceptors (Lipinski definition) is 4. The fraction of sp³-hybridized carbons (Fsp3) is 0.350. The Bertz CT molecular complexity index is 785. The summed E-state index contributed by atoms with van der Waals surface area (Å²) in [5, 5.41) is 3.01. The summed E-state index contributed by atoms with van der Waals surface area (Å²) in [6.45, 7) is 0.303. The van der Waals surface area contributed by atoms with Crippen molar-refractivity contribution >= 4 is 17.5 Å². The third-order valence-electron chi connectivity index (χ3n) is 4.57. The third-order valence-corrected chi connectivity index (χ3v) is 4.57. The highest BCUT2D eigenvalue weighted by Crippen LogP contribution is 2.25. The number of nitrogens with one attached hydrogen (secondary N) is 1. The van der Waals surface area contributed by atoms with Crippen molar-refractivity contribution in [3.63, 3.8) is 0 Å². The minimum Gasteiger partial charge on any atom is -0.487 e. The lowest BCUT2D eigenvalue weighted by molar-refractivity contribution is -0.120. The molecule has 0 spiro atoms. The number of benzene rings is 1. The fourth-order valence-electron chi connectivity index (χ4n) is 3.15. The van der Waals surface area contributed by atoms with Gasteiger partial charge in [-0.1, -0.05) is 31.4 Å². The van der Waals surface area contributed by atoms with E-state index in [-0.39, 0.29) is 11.8 Å². The second-order valence-corrected chi connectivity index (χ2v) is 6.59. The highest BCUT2D eigenvalue weighted by atomic mass is 16.5. The predicted molar refractivity (Wildman–Crippen MR) is 98.7 cm³/mol. The molecule has 1 aliphatic carbocycles. The second-order valence-electron chi connectivity index (χ2n) is 6.59. The van der Waals surface area contributed by atoms with Gasteiger partial charge in [0.25, 0.3) is 0 Å². The monoisotopic (exact) mass is 353 g/mol. The Morgan fingerprint density at radius 2 is 1.96 bits per heavy atom. The summed E-state index contributed by atoms with van der Waals surface area (Å²) in [7, 11) is 0. The molecule has 1 aromatic carbocycles. The highest BCUT2D eigenvalue weighted by molar-refractivity contribution is 5.93. The summed E-state index contributed by atoms with van der Waals surface area (Å²) in [4.78, 5) is 27.5. The number of nitrogens with zero attached hydrogens (tertiary/aromatic N) is 1. The first-order valence-corrected chi connectivity index (χ1v) is 8.89. The normalized spacial score (nSPS) is 14.6. The molecule has 2 amide bonds. The van der Waals surface area contributed by atoms with Gasteiger partial charge in [-0.25, -0.2) is 0 Å². The molecule has 6 heteroatoms. The zero-order valence-electron chi connectivity index (χ0n) is 14.6. The molecule has 2 aromatic rings. The molecule has 1 fully saturated rings. The molecular formula is C20H23N3O3. The Kier molecular flexibility index (Phi) is 5.84. The van der Waals surface area contributed by atoms with Crippen molar-refractivity contribution in [2.45, 2.75) is 38.7 Å². The number of carbonyl (C=O) groups is 2. The SMILES string of the molecule is NC(=O)c1cncc(OCc2cccc(NC(=O)C3CCCCC3)c2)c1. The van der Waals surface area contributed by atoms with Crippen LogP contribution in [0, 0.1) is 5.92 Å². The van der Waals surface area contributed by atoms with Crippen molar-refractivity contribution in [3.8, 4) is 5.75 Å². The number of aromatic nitrogens is 1. The molecule has 0 aliphatic heterocycles. The molecule has 26 heavy (non-hydrogen) atoms. The van der Waals surface area contributed by atoms with Crippen LogP contribution in [0.5, 0.6) is 5.75 Å². The number of pyridine rings is 1. The van der Waals surface area contributed by atoms with E-state index in [9.17, 15) is 9.59 Å². The van der Waals surface area contributed by atoms with Crippen molar-refractivity contribution in [2.75, 3.05) is 5.32 Å². The molecule has 1 heterocycles. The third kappa shape index (κ3) is 4.81. The minimum atomic E-state index is -0.546. The number of primary amides is 1. The lowest BCUT2D eigenvalue weighted by Gasteiger charge is -2.20. The molecule has 1 aromatic heterocycles. The molecule has 136 valence electrons. The second kappa shape index (κ2) is 8.47. The lowest BCUT2D eigenvalue weighted by atomic mass is 9.88. The average molecular weight is 353 g/mol. The average Bonchev–Trinajstić information content (AvgIpc) is 2.67. The Morgan fingerprint density at radius 1 is 1.15 bits per heavy atom. The van der Waals surface area contributed by atoms with Crippen LogP contribution in [0.15, 0.2) is 42.7 Å². The van der Waals surface area contributed by atoms with E-state index in [1.54, 1.807) is 6.07 Å². The number of ether oxygens (including phenoxy) is 1. The topological polar surface area (TPSA) is 94.3 Å². The number of amides is 2. The van der Waals surface area contributed by atoms with Gasteiger partial charge < -0.3 is 15.8 Å². The maximum atomic E-state index is 12.4. The maximum absolute atomic E-state index is 12.4. The van der Waals surface area contributed by atoms with Crippen LogP contribution in [0.25, 0.3) is 0 Å². The number of hydrogen-bond donors (Lipinski definition) is 2. The van der Waals surface area contributed by atoms with Crippen LogP contribution < -0.4 is 15.8 Å². The first kappa shape index (κ1) is 17.9. The fourth-order valence-corrected chi connectivity index (χ4v) is 3.15. The van der Waals surface area contributed by atoms with Crippen LogP contribution in [0.3, 0.4) is 0 Å². The van der Waals surface area contributed by atoms with Gasteiger partial charge in [0.1, 0.15) is 12.4 Å². The molecule has 3 rings (SSSR count). The molecule has 0 unspecified atom stereocenters. The molecule has 0 radical (unpaired) electrons. The summed E-state index contributed by atoms with van der Waals surface area (Å²) in [6.07, 6.45) is 8.35. The van der Waals surface area contributed by atoms with Gasteiger partial charge in [-0.3, -0.25) is 14.6 Å². The smallest absolute Gasteiger partial charge is 0.250 e. The summed E-state index contributed by atoms with van der Waals surface area (Å²) >= 11 is 0. The molecule has 6 nitrogen and oxygen atoms in total. The Hall–Kier alpha value is -2.89. The van der Waals surface area contributed by atoms with E-state index in [0.29, 0.717) is 17.9 Å². The highest BCUT2D eigenvalue weighted by Gasteiger charge is 2.21. The van der Waals surface area contributed by atoms with Crippen LogP contribution in [0.2, 0.25) is 0 Å². The lowest BCUT2D eigenvalue weighted by Crippen LogP contribution is -2.24. The molecule has 1 aliphatic rings. The van der Waals surface area contributed by atoms with Gasteiger partial charge in [-0.15, -0.1) is 0 Å². The van der Waals surface area contributed by atoms with E-state index in [2.05, 4.69) is 10.3 Å². The quantitative estimate of drug-likeness (QED) is 0.833. The molecule has 0 atom stereocenters. The first-order valence-electron chi connectivity index (χ1n) is 8.89. The molecule has 1 saturated carbocycles. The van der Waals surface area contributed by atoms with Gasteiger partial charge >= 0.3 is 0 Å². The van der Waals surface area contributed by atoms with Crippen LogP contribution in [0.4, 0.5) is 5.69 Å². The van der Waals surface area contributed by atoms with E-state index >= 15 is 0 Å². The summed E-state index contributed by atoms with van der Waals surface area (Å²) in [5.74, 6) is 0.140. The summed E-state index contributed by atoms with van der Waals surface area (Å²) in [5.41, 5.74) is 7.23. The van der Waals surface area contributed by atoms with Crippen molar-refractivity contribution in [3.05, 3.63) is 53.9 Å². The minimum absolute atomic E-state index is 0.0983. The van der Waals surface area contributed by atoms with E-state index < -0.39 is 5.91 Å². The Balaban J connectivity index is 1.59. The van der Waals surface area contributed by atoms with Crippen LogP contribution in [-0.2, 0) is 11.4 Å². The van der Waals surface area contributed by atoms with Gasteiger partial charge in [0.15, 0.2) is 0 Å². The molecule has 3 N–H and O–H groups in total. The number of nitrogens with two attached hydrogens (primary N) is 1. The van der Waals surface area contributed by atoms with Gasteiger partial charge in [0.2, 0.25) is 11.8 Å². The number of anilines is 1. The Morgan fingerprint density at radius 3 is 2.73 bits per heavy atom. The molecular weight excluding hydrogens is 330 g/mol. The van der Waals surface area contributed by atoms with Crippen LogP contribution in [-0.4, -0.2) is 16.8 Å². The van der Waals surface area contributed by atoms with Crippen molar-refractivity contribution in [1.82, 2.24) is 4.98 Å². The van der Waals surface area contributed by atoms with E-state index in [1.807, 2.05) is 24.3 Å². The zero-order chi connectivity index (χ0) is 18.4. The first-order chi connectivity index (χ1) is 12.6.